The summed E-state index contributed by atoms with van der Waals surface area (Å²) in [5.74, 6) is 0.472. The van der Waals surface area contributed by atoms with Crippen LogP contribution < -0.4 is 10.1 Å². The zero-order chi connectivity index (χ0) is 14.5. The Hall–Kier alpha value is -2.62. The largest absolute Gasteiger partial charge is 0.497 e. The fourth-order valence-electron chi connectivity index (χ4n) is 1.85. The molecule has 0 spiro atoms. The maximum Gasteiger partial charge on any atom is 0.255 e. The number of methoxy groups -OCH3 is 1. The Bertz CT molecular complexity index is 633. The zero-order valence-corrected chi connectivity index (χ0v) is 11.3. The number of rotatable bonds is 4. The SMILES string of the molecule is COc1ccc(C(=O)Nc2cccc(C=O)c2C)cc1. The van der Waals surface area contributed by atoms with Gasteiger partial charge in [-0.25, -0.2) is 0 Å². The lowest BCUT2D eigenvalue weighted by atomic mass is 10.1. The van der Waals surface area contributed by atoms with Crippen molar-refractivity contribution in [2.75, 3.05) is 12.4 Å². The van der Waals surface area contributed by atoms with Crippen LogP contribution >= 0.6 is 0 Å². The third-order valence-electron chi connectivity index (χ3n) is 3.10. The predicted octanol–water partition coefficient (Wildman–Crippen LogP) is 3.07. The van der Waals surface area contributed by atoms with Crippen LogP contribution in [0.4, 0.5) is 5.69 Å². The van der Waals surface area contributed by atoms with Crippen molar-refractivity contribution in [1.29, 1.82) is 0 Å². The molecule has 2 aromatic rings. The van der Waals surface area contributed by atoms with Gasteiger partial charge < -0.3 is 10.1 Å². The third-order valence-corrected chi connectivity index (χ3v) is 3.10. The zero-order valence-electron chi connectivity index (χ0n) is 11.3. The molecule has 2 rings (SSSR count). The van der Waals surface area contributed by atoms with Gasteiger partial charge in [0, 0.05) is 16.8 Å². The molecule has 2 aromatic carbocycles. The number of nitrogens with one attached hydrogen (secondary N) is 1. The first-order valence-corrected chi connectivity index (χ1v) is 6.16. The first-order chi connectivity index (χ1) is 9.65. The van der Waals surface area contributed by atoms with Crippen molar-refractivity contribution in [1.82, 2.24) is 0 Å². The Labute approximate surface area is 117 Å². The van der Waals surface area contributed by atoms with Crippen LogP contribution in [0.25, 0.3) is 0 Å². The number of ether oxygens (including phenoxy) is 1. The molecule has 20 heavy (non-hydrogen) atoms. The molecule has 0 aromatic heterocycles. The van der Waals surface area contributed by atoms with E-state index in [9.17, 15) is 9.59 Å². The highest BCUT2D eigenvalue weighted by Crippen LogP contribution is 2.19. The van der Waals surface area contributed by atoms with Crippen LogP contribution in [0, 0.1) is 6.92 Å². The summed E-state index contributed by atoms with van der Waals surface area (Å²) in [7, 11) is 1.57. The van der Waals surface area contributed by atoms with Crippen LogP contribution in [-0.4, -0.2) is 19.3 Å². The van der Waals surface area contributed by atoms with E-state index in [1.54, 1.807) is 56.5 Å². The molecule has 102 valence electrons. The van der Waals surface area contributed by atoms with Crippen molar-refractivity contribution in [3.63, 3.8) is 0 Å². The Kier molecular flexibility index (Phi) is 4.15. The number of amides is 1. The molecule has 4 heteroatoms. The highest BCUT2D eigenvalue weighted by molar-refractivity contribution is 6.05. The van der Waals surface area contributed by atoms with Gasteiger partial charge in [-0.1, -0.05) is 12.1 Å². The smallest absolute Gasteiger partial charge is 0.255 e. The van der Waals surface area contributed by atoms with Gasteiger partial charge in [0.2, 0.25) is 0 Å². The predicted molar refractivity (Wildman–Crippen MR) is 77.5 cm³/mol. The van der Waals surface area contributed by atoms with Gasteiger partial charge in [0.15, 0.2) is 0 Å². The van der Waals surface area contributed by atoms with Crippen LogP contribution in [0.3, 0.4) is 0 Å². The molecule has 1 amide bonds. The first-order valence-electron chi connectivity index (χ1n) is 6.16. The van der Waals surface area contributed by atoms with Crippen LogP contribution in [-0.2, 0) is 0 Å². The van der Waals surface area contributed by atoms with Crippen molar-refractivity contribution in [2.24, 2.45) is 0 Å². The Morgan fingerprint density at radius 1 is 1.15 bits per heavy atom. The van der Waals surface area contributed by atoms with Crippen molar-refractivity contribution in [3.8, 4) is 5.75 Å². The maximum atomic E-state index is 12.1. The average Bonchev–Trinajstić information content (AvgIpc) is 2.49. The minimum atomic E-state index is -0.223. The van der Waals surface area contributed by atoms with Crippen LogP contribution in [0.1, 0.15) is 26.3 Å². The molecule has 0 unspecified atom stereocenters. The molecular weight excluding hydrogens is 254 g/mol. The third kappa shape index (κ3) is 2.85. The summed E-state index contributed by atoms with van der Waals surface area (Å²) in [6.07, 6.45) is 0.776. The van der Waals surface area contributed by atoms with Gasteiger partial charge in [-0.3, -0.25) is 9.59 Å². The number of carbonyl (C=O) groups is 2. The van der Waals surface area contributed by atoms with Crippen molar-refractivity contribution < 1.29 is 14.3 Å². The Morgan fingerprint density at radius 3 is 2.45 bits per heavy atom. The summed E-state index contributed by atoms with van der Waals surface area (Å²) in [6, 6.07) is 12.0. The van der Waals surface area contributed by atoms with Crippen LogP contribution in [0.15, 0.2) is 42.5 Å². The van der Waals surface area contributed by atoms with E-state index < -0.39 is 0 Å². The summed E-state index contributed by atoms with van der Waals surface area (Å²) in [4.78, 5) is 23.0. The molecule has 0 saturated carbocycles. The topological polar surface area (TPSA) is 55.4 Å². The molecular formula is C16H15NO3. The first kappa shape index (κ1) is 13.8. The molecule has 4 nitrogen and oxygen atoms in total. The van der Waals surface area contributed by atoms with E-state index in [1.165, 1.54) is 0 Å². The second-order valence-corrected chi connectivity index (χ2v) is 4.32. The van der Waals surface area contributed by atoms with Crippen LogP contribution in [0.2, 0.25) is 0 Å². The van der Waals surface area contributed by atoms with Gasteiger partial charge in [-0.2, -0.15) is 0 Å². The molecule has 0 heterocycles. The fraction of sp³-hybridized carbons (Fsp3) is 0.125. The number of hydrogen-bond acceptors (Lipinski definition) is 3. The summed E-state index contributed by atoms with van der Waals surface area (Å²) < 4.78 is 5.05. The van der Waals surface area contributed by atoms with Gasteiger partial charge in [0.25, 0.3) is 5.91 Å². The molecule has 0 bridgehead atoms. The molecule has 0 fully saturated rings. The van der Waals surface area contributed by atoms with E-state index in [0.29, 0.717) is 22.6 Å². The Morgan fingerprint density at radius 2 is 1.85 bits per heavy atom. The molecule has 0 saturated heterocycles. The molecule has 0 aliphatic rings. The summed E-state index contributed by atoms with van der Waals surface area (Å²) in [5.41, 5.74) is 2.49. The minimum Gasteiger partial charge on any atom is -0.497 e. The lowest BCUT2D eigenvalue weighted by Gasteiger charge is -2.10. The van der Waals surface area contributed by atoms with Gasteiger partial charge in [-0.05, 0) is 42.8 Å². The van der Waals surface area contributed by atoms with E-state index in [1.807, 2.05) is 0 Å². The normalized spacial score (nSPS) is 9.90. The average molecular weight is 269 g/mol. The van der Waals surface area contributed by atoms with E-state index in [2.05, 4.69) is 5.32 Å². The summed E-state index contributed by atoms with van der Waals surface area (Å²) in [5, 5.41) is 2.80. The monoisotopic (exact) mass is 269 g/mol. The second-order valence-electron chi connectivity index (χ2n) is 4.32. The number of carbonyl (C=O) groups excluding carboxylic acids is 2. The lowest BCUT2D eigenvalue weighted by Crippen LogP contribution is -2.13. The molecule has 0 radical (unpaired) electrons. The van der Waals surface area contributed by atoms with Gasteiger partial charge in [-0.15, -0.1) is 0 Å². The number of hydrogen-bond donors (Lipinski definition) is 1. The van der Waals surface area contributed by atoms with E-state index in [4.69, 9.17) is 4.74 Å². The number of benzene rings is 2. The molecule has 0 aliphatic heterocycles. The van der Waals surface area contributed by atoms with Gasteiger partial charge >= 0.3 is 0 Å². The van der Waals surface area contributed by atoms with Crippen molar-refractivity contribution >= 4 is 17.9 Å². The van der Waals surface area contributed by atoms with Crippen molar-refractivity contribution in [3.05, 3.63) is 59.2 Å². The molecule has 0 atom stereocenters. The maximum absolute atomic E-state index is 12.1. The lowest BCUT2D eigenvalue weighted by molar-refractivity contribution is 0.102. The van der Waals surface area contributed by atoms with E-state index in [0.717, 1.165) is 11.8 Å². The summed E-state index contributed by atoms with van der Waals surface area (Å²) in [6.45, 7) is 1.80. The highest BCUT2D eigenvalue weighted by atomic mass is 16.5. The minimum absolute atomic E-state index is 0.223. The molecule has 0 aliphatic carbocycles. The highest BCUT2D eigenvalue weighted by Gasteiger charge is 2.09. The second kappa shape index (κ2) is 6.02. The number of aldehydes is 1. The van der Waals surface area contributed by atoms with Crippen molar-refractivity contribution in [2.45, 2.75) is 6.92 Å². The van der Waals surface area contributed by atoms with Gasteiger partial charge in [0.05, 0.1) is 7.11 Å². The quantitative estimate of drug-likeness (QED) is 0.868. The molecule has 1 N–H and O–H groups in total. The van der Waals surface area contributed by atoms with Crippen LogP contribution in [0.5, 0.6) is 5.75 Å². The fourth-order valence-corrected chi connectivity index (χ4v) is 1.85. The van der Waals surface area contributed by atoms with Gasteiger partial charge in [0.1, 0.15) is 12.0 Å². The van der Waals surface area contributed by atoms with E-state index in [-0.39, 0.29) is 5.91 Å². The number of anilines is 1. The summed E-state index contributed by atoms with van der Waals surface area (Å²) >= 11 is 0. The Balaban J connectivity index is 2.20. The van der Waals surface area contributed by atoms with E-state index >= 15 is 0 Å². The standard InChI is InChI=1S/C16H15NO3/c1-11-13(10-18)4-3-5-15(11)17-16(19)12-6-8-14(20-2)9-7-12/h3-10H,1-2H3,(H,17,19).